The maximum Gasteiger partial charge on any atom is 0.191 e. The van der Waals surface area contributed by atoms with Crippen LogP contribution < -0.4 is 10.6 Å². The van der Waals surface area contributed by atoms with Crippen LogP contribution in [0, 0.1) is 0 Å². The molecule has 1 fully saturated rings. The number of hydrogen-bond donors (Lipinski definition) is 2. The van der Waals surface area contributed by atoms with Crippen molar-refractivity contribution in [2.24, 2.45) is 4.99 Å². The van der Waals surface area contributed by atoms with E-state index in [0.717, 1.165) is 54.5 Å². The van der Waals surface area contributed by atoms with Gasteiger partial charge in [0.05, 0.1) is 19.8 Å². The van der Waals surface area contributed by atoms with Gasteiger partial charge >= 0.3 is 0 Å². The molecule has 0 aromatic heterocycles. The van der Waals surface area contributed by atoms with Crippen molar-refractivity contribution in [1.82, 2.24) is 10.6 Å². The van der Waals surface area contributed by atoms with Crippen LogP contribution in [0.25, 0.3) is 0 Å². The van der Waals surface area contributed by atoms with Crippen LogP contribution >= 0.6 is 11.6 Å². The van der Waals surface area contributed by atoms with Gasteiger partial charge in [-0.15, -0.1) is 0 Å². The van der Waals surface area contributed by atoms with Gasteiger partial charge in [0.2, 0.25) is 0 Å². The van der Waals surface area contributed by atoms with Crippen LogP contribution in [0.5, 0.6) is 0 Å². The minimum absolute atomic E-state index is 0.312. The molecule has 2 N–H and O–H groups in total. The molecule has 27 heavy (non-hydrogen) atoms. The lowest BCUT2D eigenvalue weighted by atomic mass is 9.95. The molecule has 1 aliphatic carbocycles. The molecule has 0 heterocycles. The van der Waals surface area contributed by atoms with Gasteiger partial charge in [-0.05, 0) is 43.9 Å². The third-order valence-corrected chi connectivity index (χ3v) is 6.65. The number of rotatable bonds is 9. The van der Waals surface area contributed by atoms with E-state index in [9.17, 15) is 4.21 Å². The molecular weight excluding hydrogens is 382 g/mol. The van der Waals surface area contributed by atoms with E-state index in [1.807, 2.05) is 31.2 Å². The van der Waals surface area contributed by atoms with Gasteiger partial charge in [-0.25, -0.2) is 0 Å². The third kappa shape index (κ3) is 8.20. The highest BCUT2D eigenvalue weighted by Crippen LogP contribution is 2.23. The molecule has 0 saturated heterocycles. The lowest BCUT2D eigenvalue weighted by molar-refractivity contribution is 0.128. The van der Waals surface area contributed by atoms with Crippen molar-refractivity contribution in [3.05, 3.63) is 34.9 Å². The standard InChI is InChI=1S/C20H32ClN3O2S/c1-3-22-20(24-18-6-5-7-19(14-18)27(25)4-2)23-12-13-26-15-16-8-10-17(21)11-9-16/h8-11,18-19H,3-7,12-15H2,1-2H3,(H2,22,23,24). The van der Waals surface area contributed by atoms with Crippen molar-refractivity contribution < 1.29 is 8.95 Å². The number of nitrogens with zero attached hydrogens (tertiary/aromatic N) is 1. The molecule has 0 radical (unpaired) electrons. The van der Waals surface area contributed by atoms with Gasteiger partial charge in [-0.2, -0.15) is 0 Å². The molecule has 1 aromatic rings. The summed E-state index contributed by atoms with van der Waals surface area (Å²) in [5, 5.41) is 7.86. The highest BCUT2D eigenvalue weighted by molar-refractivity contribution is 7.85. The number of hydrogen-bond acceptors (Lipinski definition) is 3. The highest BCUT2D eigenvalue weighted by atomic mass is 35.5. The molecule has 1 aromatic carbocycles. The minimum atomic E-state index is -0.709. The Bertz CT molecular complexity index is 610. The average molecular weight is 414 g/mol. The van der Waals surface area contributed by atoms with E-state index < -0.39 is 10.8 Å². The number of aliphatic imine (C=N–C) groups is 1. The van der Waals surface area contributed by atoms with E-state index in [1.54, 1.807) is 0 Å². The Morgan fingerprint density at radius 2 is 2.07 bits per heavy atom. The molecule has 0 aliphatic heterocycles. The molecule has 1 aliphatic rings. The smallest absolute Gasteiger partial charge is 0.191 e. The summed E-state index contributed by atoms with van der Waals surface area (Å²) in [4.78, 5) is 4.62. The molecule has 3 unspecified atom stereocenters. The van der Waals surface area contributed by atoms with Crippen molar-refractivity contribution in [1.29, 1.82) is 0 Å². The summed E-state index contributed by atoms with van der Waals surface area (Å²) < 4.78 is 17.8. The Morgan fingerprint density at radius 3 is 2.78 bits per heavy atom. The second kappa shape index (κ2) is 12.4. The first kappa shape index (κ1) is 22.2. The van der Waals surface area contributed by atoms with Crippen molar-refractivity contribution in [2.75, 3.05) is 25.4 Å². The quantitative estimate of drug-likeness (QED) is 0.369. The topological polar surface area (TPSA) is 62.7 Å². The van der Waals surface area contributed by atoms with E-state index in [4.69, 9.17) is 16.3 Å². The van der Waals surface area contributed by atoms with Crippen molar-refractivity contribution >= 4 is 28.4 Å². The predicted molar refractivity (Wildman–Crippen MR) is 115 cm³/mol. The van der Waals surface area contributed by atoms with E-state index in [0.29, 0.717) is 31.1 Å². The van der Waals surface area contributed by atoms with Crippen molar-refractivity contribution in [3.63, 3.8) is 0 Å². The van der Waals surface area contributed by atoms with E-state index in [-0.39, 0.29) is 0 Å². The summed E-state index contributed by atoms with van der Waals surface area (Å²) in [6, 6.07) is 8.02. The first-order valence-corrected chi connectivity index (χ1v) is 11.6. The Morgan fingerprint density at radius 1 is 1.30 bits per heavy atom. The molecule has 5 nitrogen and oxygen atoms in total. The van der Waals surface area contributed by atoms with Crippen molar-refractivity contribution in [2.45, 2.75) is 57.4 Å². The fourth-order valence-corrected chi connectivity index (χ4v) is 4.73. The van der Waals surface area contributed by atoms with Gasteiger partial charge in [-0.1, -0.05) is 37.1 Å². The van der Waals surface area contributed by atoms with E-state index in [2.05, 4.69) is 22.5 Å². The molecule has 1 saturated carbocycles. The van der Waals surface area contributed by atoms with Gasteiger partial charge in [-0.3, -0.25) is 9.20 Å². The largest absolute Gasteiger partial charge is 0.375 e. The summed E-state index contributed by atoms with van der Waals surface area (Å²) in [5.41, 5.74) is 1.10. The number of nitrogens with one attached hydrogen (secondary N) is 2. The monoisotopic (exact) mass is 413 g/mol. The van der Waals surface area contributed by atoms with Crippen LogP contribution in [-0.4, -0.2) is 46.9 Å². The second-order valence-electron chi connectivity index (χ2n) is 6.74. The van der Waals surface area contributed by atoms with Crippen LogP contribution in [0.4, 0.5) is 0 Å². The first-order valence-electron chi connectivity index (χ1n) is 9.86. The molecular formula is C20H32ClN3O2S. The summed E-state index contributed by atoms with van der Waals surface area (Å²) in [7, 11) is -0.709. The molecule has 0 amide bonds. The molecule has 3 atom stereocenters. The number of guanidine groups is 1. The molecule has 2 rings (SSSR count). The van der Waals surface area contributed by atoms with Gasteiger partial charge in [0.15, 0.2) is 5.96 Å². The molecule has 7 heteroatoms. The van der Waals surface area contributed by atoms with Gasteiger partial charge in [0.25, 0.3) is 0 Å². The zero-order valence-corrected chi connectivity index (χ0v) is 18.0. The van der Waals surface area contributed by atoms with Crippen LogP contribution in [0.3, 0.4) is 0 Å². The van der Waals surface area contributed by atoms with Crippen molar-refractivity contribution in [3.8, 4) is 0 Å². The zero-order valence-electron chi connectivity index (χ0n) is 16.4. The highest BCUT2D eigenvalue weighted by Gasteiger charge is 2.25. The first-order chi connectivity index (χ1) is 13.1. The number of halogens is 1. The van der Waals surface area contributed by atoms with Crippen LogP contribution in [0.15, 0.2) is 29.3 Å². The molecule has 0 spiro atoms. The van der Waals surface area contributed by atoms with E-state index >= 15 is 0 Å². The lowest BCUT2D eigenvalue weighted by Crippen LogP contribution is -2.46. The maximum absolute atomic E-state index is 12.1. The Kier molecular flexibility index (Phi) is 10.2. The Hall–Kier alpha value is -1.11. The van der Waals surface area contributed by atoms with Gasteiger partial charge < -0.3 is 15.4 Å². The summed E-state index contributed by atoms with van der Waals surface area (Å²) in [6.45, 7) is 6.59. The Labute approximate surface area is 170 Å². The maximum atomic E-state index is 12.1. The SMILES string of the molecule is CCNC(=NCCOCc1ccc(Cl)cc1)NC1CCCC(S(=O)CC)C1. The molecule has 0 bridgehead atoms. The fourth-order valence-electron chi connectivity index (χ4n) is 3.26. The van der Waals surface area contributed by atoms with E-state index in [1.165, 1.54) is 0 Å². The number of ether oxygens (including phenoxy) is 1. The third-order valence-electron chi connectivity index (χ3n) is 4.65. The van der Waals surface area contributed by atoms with Gasteiger partial charge in [0, 0.05) is 39.4 Å². The minimum Gasteiger partial charge on any atom is -0.375 e. The number of benzene rings is 1. The predicted octanol–water partition coefficient (Wildman–Crippen LogP) is 3.49. The fraction of sp³-hybridized carbons (Fsp3) is 0.650. The summed E-state index contributed by atoms with van der Waals surface area (Å²) in [5.74, 6) is 1.57. The normalized spacial score (nSPS) is 21.7. The van der Waals surface area contributed by atoms with Crippen LogP contribution in [-0.2, 0) is 22.1 Å². The molecule has 152 valence electrons. The zero-order chi connectivity index (χ0) is 19.5. The van der Waals surface area contributed by atoms with Crippen LogP contribution in [0.2, 0.25) is 5.02 Å². The lowest BCUT2D eigenvalue weighted by Gasteiger charge is -2.30. The van der Waals surface area contributed by atoms with Crippen LogP contribution in [0.1, 0.15) is 45.1 Å². The second-order valence-corrected chi connectivity index (χ2v) is 9.18. The summed E-state index contributed by atoms with van der Waals surface area (Å²) in [6.07, 6.45) is 4.26. The summed E-state index contributed by atoms with van der Waals surface area (Å²) >= 11 is 5.89. The average Bonchev–Trinajstić information content (AvgIpc) is 2.69. The van der Waals surface area contributed by atoms with Gasteiger partial charge in [0.1, 0.15) is 0 Å². The Balaban J connectivity index is 1.76.